The Kier molecular flexibility index (Phi) is 3.76. The molecule has 1 amide bonds. The lowest BCUT2D eigenvalue weighted by atomic mass is 9.53. The van der Waals surface area contributed by atoms with E-state index >= 15 is 0 Å². The van der Waals surface area contributed by atoms with Crippen LogP contribution in [0.25, 0.3) is 5.57 Å². The number of rotatable bonds is 1. The second kappa shape index (κ2) is 5.90. The van der Waals surface area contributed by atoms with Crippen molar-refractivity contribution in [3.05, 3.63) is 70.2 Å². The zero-order valence-electron chi connectivity index (χ0n) is 14.0. The van der Waals surface area contributed by atoms with Gasteiger partial charge in [0.05, 0.1) is 12.1 Å². The van der Waals surface area contributed by atoms with E-state index in [1.54, 1.807) is 48.5 Å². The summed E-state index contributed by atoms with van der Waals surface area (Å²) >= 11 is 3.39. The molecular weight excluding hydrogens is 406 g/mol. The largest absolute Gasteiger partial charge is 0.325 e. The summed E-state index contributed by atoms with van der Waals surface area (Å²) in [7, 11) is 0. The molecule has 27 heavy (non-hydrogen) atoms. The predicted molar refractivity (Wildman–Crippen MR) is 102 cm³/mol. The summed E-state index contributed by atoms with van der Waals surface area (Å²) in [5.74, 6) is -0.800. The van der Waals surface area contributed by atoms with Gasteiger partial charge < -0.3 is 5.32 Å². The van der Waals surface area contributed by atoms with Gasteiger partial charge in [-0.05, 0) is 41.0 Å². The molecule has 1 N–H and O–H groups in total. The number of halogens is 1. The molecule has 0 saturated carbocycles. The normalized spacial score (nSPS) is 22.4. The summed E-state index contributed by atoms with van der Waals surface area (Å²) in [6, 6.07) is 18.2. The fraction of sp³-hybridized carbons (Fsp3) is 0.143. The average Bonchev–Trinajstić information content (AvgIpc) is 2.95. The van der Waals surface area contributed by atoms with Gasteiger partial charge in [-0.3, -0.25) is 9.59 Å². The summed E-state index contributed by atoms with van der Waals surface area (Å²) in [4.78, 5) is 25.8. The van der Waals surface area contributed by atoms with Crippen LogP contribution in [0.5, 0.6) is 0 Å². The molecule has 1 spiro atoms. The van der Waals surface area contributed by atoms with Crippen molar-refractivity contribution in [2.75, 3.05) is 5.32 Å². The first-order valence-electron chi connectivity index (χ1n) is 8.23. The number of benzene rings is 2. The van der Waals surface area contributed by atoms with Crippen molar-refractivity contribution in [3.63, 3.8) is 0 Å². The van der Waals surface area contributed by atoms with E-state index in [2.05, 4.69) is 33.4 Å². The number of nitriles is 2. The van der Waals surface area contributed by atoms with Crippen LogP contribution in [-0.2, 0) is 15.0 Å². The fourth-order valence-electron chi connectivity index (χ4n) is 4.08. The molecule has 1 atom stereocenters. The Bertz CT molecular complexity index is 1090. The molecule has 0 fully saturated rings. The van der Waals surface area contributed by atoms with E-state index in [0.717, 1.165) is 0 Å². The molecule has 1 heterocycles. The van der Waals surface area contributed by atoms with Crippen molar-refractivity contribution in [2.24, 2.45) is 5.41 Å². The molecular formula is C21H12BrN3O2. The van der Waals surface area contributed by atoms with Crippen molar-refractivity contribution in [3.8, 4) is 12.1 Å². The molecule has 0 radical (unpaired) electrons. The van der Waals surface area contributed by atoms with E-state index in [0.29, 0.717) is 21.3 Å². The van der Waals surface area contributed by atoms with E-state index < -0.39 is 16.7 Å². The number of anilines is 1. The topological polar surface area (TPSA) is 93.8 Å². The monoisotopic (exact) mass is 417 g/mol. The minimum Gasteiger partial charge on any atom is -0.325 e. The second-order valence-corrected chi connectivity index (χ2v) is 7.51. The Morgan fingerprint density at radius 3 is 2.41 bits per heavy atom. The highest BCUT2D eigenvalue weighted by Gasteiger charge is 2.66. The van der Waals surface area contributed by atoms with Crippen molar-refractivity contribution in [1.82, 2.24) is 0 Å². The van der Waals surface area contributed by atoms with E-state index in [9.17, 15) is 20.1 Å². The molecule has 1 aliphatic heterocycles. The number of allylic oxidation sites excluding steroid dienone is 2. The van der Waals surface area contributed by atoms with Gasteiger partial charge in [0.25, 0.3) is 0 Å². The standard InChI is InChI=1S/C21H12BrN3O2/c22-14-6-7-18-17(8-14)21(19(27)25-18)10-15(26)9-16(20(21,11-23)12-24)13-4-2-1-3-5-13/h1-9H,10H2,(H,25,27)/t21-/m0/s1. The quantitative estimate of drug-likeness (QED) is 0.764. The number of carbonyl (C=O) groups excluding carboxylic acids is 2. The summed E-state index contributed by atoms with van der Waals surface area (Å²) in [6.45, 7) is 0. The summed E-state index contributed by atoms with van der Waals surface area (Å²) in [6.07, 6.45) is 1.09. The maximum Gasteiger partial charge on any atom is 0.238 e. The van der Waals surface area contributed by atoms with Crippen LogP contribution in [0.3, 0.4) is 0 Å². The zero-order valence-corrected chi connectivity index (χ0v) is 15.6. The molecule has 2 aliphatic rings. The highest BCUT2D eigenvalue weighted by molar-refractivity contribution is 9.10. The lowest BCUT2D eigenvalue weighted by molar-refractivity contribution is -0.127. The maximum atomic E-state index is 13.2. The van der Waals surface area contributed by atoms with Crippen LogP contribution < -0.4 is 5.32 Å². The number of amides is 1. The summed E-state index contributed by atoms with van der Waals surface area (Å²) in [5, 5.41) is 23.1. The van der Waals surface area contributed by atoms with Gasteiger partial charge in [-0.15, -0.1) is 0 Å². The van der Waals surface area contributed by atoms with Gasteiger partial charge in [-0.25, -0.2) is 0 Å². The van der Waals surface area contributed by atoms with Crippen molar-refractivity contribution in [1.29, 1.82) is 10.5 Å². The molecule has 1 aliphatic carbocycles. The minimum atomic E-state index is -1.83. The van der Waals surface area contributed by atoms with Crippen LogP contribution in [0, 0.1) is 28.1 Å². The van der Waals surface area contributed by atoms with Crippen molar-refractivity contribution in [2.45, 2.75) is 11.8 Å². The highest BCUT2D eigenvalue weighted by atomic mass is 79.9. The van der Waals surface area contributed by atoms with Crippen LogP contribution in [0.1, 0.15) is 17.5 Å². The lowest BCUT2D eigenvalue weighted by Gasteiger charge is -2.41. The van der Waals surface area contributed by atoms with Gasteiger partial charge in [0.15, 0.2) is 11.2 Å². The zero-order chi connectivity index (χ0) is 19.2. The van der Waals surface area contributed by atoms with Crippen LogP contribution in [-0.4, -0.2) is 11.7 Å². The molecule has 5 nitrogen and oxygen atoms in total. The number of hydrogen-bond acceptors (Lipinski definition) is 4. The Morgan fingerprint density at radius 2 is 1.74 bits per heavy atom. The second-order valence-electron chi connectivity index (χ2n) is 6.59. The molecule has 0 unspecified atom stereocenters. The van der Waals surface area contributed by atoms with E-state index in [1.807, 2.05) is 0 Å². The van der Waals surface area contributed by atoms with Gasteiger partial charge in [0.1, 0.15) is 5.41 Å². The minimum absolute atomic E-state index is 0.236. The Balaban J connectivity index is 2.09. The SMILES string of the molecule is N#CC1(C#N)C(c2ccccc2)=CC(=O)C[C@]12C(=O)Nc1ccc(Br)cc12. The summed E-state index contributed by atoms with van der Waals surface area (Å²) < 4.78 is 0.699. The molecule has 0 aromatic heterocycles. The van der Waals surface area contributed by atoms with Crippen molar-refractivity contribution >= 4 is 38.9 Å². The van der Waals surface area contributed by atoms with Crippen molar-refractivity contribution < 1.29 is 9.59 Å². The van der Waals surface area contributed by atoms with Crippen LogP contribution in [0.2, 0.25) is 0 Å². The molecule has 2 aromatic carbocycles. The highest BCUT2D eigenvalue weighted by Crippen LogP contribution is 2.59. The van der Waals surface area contributed by atoms with E-state index in [1.165, 1.54) is 6.08 Å². The smallest absolute Gasteiger partial charge is 0.238 e. The Hall–Kier alpha value is -3.22. The van der Waals surface area contributed by atoms with Gasteiger partial charge in [0, 0.05) is 16.6 Å². The molecule has 0 bridgehead atoms. The first-order valence-corrected chi connectivity index (χ1v) is 9.02. The number of nitrogens with one attached hydrogen (secondary N) is 1. The molecule has 6 heteroatoms. The third-order valence-electron chi connectivity index (χ3n) is 5.29. The van der Waals surface area contributed by atoms with Crippen LogP contribution in [0.4, 0.5) is 5.69 Å². The number of ketones is 1. The molecule has 2 aromatic rings. The Labute approximate surface area is 164 Å². The molecule has 0 saturated heterocycles. The third-order valence-corrected chi connectivity index (χ3v) is 5.78. The number of hydrogen-bond donors (Lipinski definition) is 1. The Morgan fingerprint density at radius 1 is 1.04 bits per heavy atom. The first-order chi connectivity index (χ1) is 13.0. The van der Waals surface area contributed by atoms with Crippen LogP contribution in [0.15, 0.2) is 59.1 Å². The van der Waals surface area contributed by atoms with E-state index in [4.69, 9.17) is 0 Å². The van der Waals surface area contributed by atoms with Gasteiger partial charge in [0.2, 0.25) is 5.91 Å². The van der Waals surface area contributed by atoms with E-state index in [-0.39, 0.29) is 17.8 Å². The lowest BCUT2D eigenvalue weighted by Crippen LogP contribution is -2.53. The third kappa shape index (κ3) is 2.14. The number of nitrogens with zero attached hydrogens (tertiary/aromatic N) is 2. The van der Waals surface area contributed by atoms with Gasteiger partial charge in [-0.1, -0.05) is 46.3 Å². The first kappa shape index (κ1) is 17.2. The van der Waals surface area contributed by atoms with Crippen LogP contribution >= 0.6 is 15.9 Å². The predicted octanol–water partition coefficient (Wildman–Crippen LogP) is 3.73. The van der Waals surface area contributed by atoms with Gasteiger partial charge in [-0.2, -0.15) is 10.5 Å². The maximum absolute atomic E-state index is 13.2. The summed E-state index contributed by atoms with van der Waals surface area (Å²) in [5.41, 5.74) is -1.61. The fourth-order valence-corrected chi connectivity index (χ4v) is 4.44. The molecule has 130 valence electrons. The number of fused-ring (bicyclic) bond motifs is 2. The number of carbonyl (C=O) groups is 2. The van der Waals surface area contributed by atoms with Gasteiger partial charge >= 0.3 is 0 Å². The average molecular weight is 418 g/mol. The molecule has 4 rings (SSSR count).